The molecule has 6 heteroatoms. The fourth-order valence-electron chi connectivity index (χ4n) is 1.95. The molecule has 0 atom stereocenters. The molecule has 1 aromatic carbocycles. The number of carbonyl (C=O) groups excluding carboxylic acids is 1. The average molecular weight is 285 g/mol. The van der Waals surface area contributed by atoms with Crippen LogP contribution in [0.3, 0.4) is 0 Å². The van der Waals surface area contributed by atoms with E-state index < -0.39 is 23.3 Å². The highest BCUT2D eigenvalue weighted by Crippen LogP contribution is 2.36. The van der Waals surface area contributed by atoms with E-state index in [0.717, 1.165) is 0 Å². The van der Waals surface area contributed by atoms with Crippen molar-refractivity contribution >= 4 is 5.97 Å². The molecule has 0 radical (unpaired) electrons. The number of halogens is 3. The Morgan fingerprint density at radius 3 is 2.35 bits per heavy atom. The Balaban J connectivity index is 3.36. The van der Waals surface area contributed by atoms with Gasteiger partial charge < -0.3 is 4.74 Å². The Bertz CT molecular complexity index is 545. The molecular formula is C14H14F3NO2. The molecule has 20 heavy (non-hydrogen) atoms. The van der Waals surface area contributed by atoms with Gasteiger partial charge in [-0.25, -0.2) is 0 Å². The van der Waals surface area contributed by atoms with E-state index in [1.165, 1.54) is 12.1 Å². The smallest absolute Gasteiger partial charge is 0.417 e. The molecule has 1 aromatic rings. The van der Waals surface area contributed by atoms with E-state index >= 15 is 0 Å². The maximum atomic E-state index is 13.1. The van der Waals surface area contributed by atoms with Crippen LogP contribution in [0, 0.1) is 11.3 Å². The molecule has 0 amide bonds. The number of hydrogen-bond acceptors (Lipinski definition) is 3. The predicted octanol–water partition coefficient (Wildman–Crippen LogP) is 3.25. The maximum absolute atomic E-state index is 13.1. The lowest BCUT2D eigenvalue weighted by Gasteiger charge is -2.16. The van der Waals surface area contributed by atoms with Crippen LogP contribution < -0.4 is 0 Å². The van der Waals surface area contributed by atoms with Crippen LogP contribution in [-0.4, -0.2) is 12.6 Å². The van der Waals surface area contributed by atoms with Gasteiger partial charge in [0.2, 0.25) is 0 Å². The molecule has 0 aliphatic heterocycles. The molecule has 0 fully saturated rings. The van der Waals surface area contributed by atoms with Gasteiger partial charge in [0.25, 0.3) is 0 Å². The van der Waals surface area contributed by atoms with Crippen molar-refractivity contribution in [2.75, 3.05) is 6.61 Å². The van der Waals surface area contributed by atoms with Gasteiger partial charge in [0, 0.05) is 0 Å². The number of carbonyl (C=O) groups is 1. The van der Waals surface area contributed by atoms with E-state index in [0.29, 0.717) is 0 Å². The Kier molecular flexibility index (Phi) is 5.14. The summed E-state index contributed by atoms with van der Waals surface area (Å²) < 4.78 is 43.9. The summed E-state index contributed by atoms with van der Waals surface area (Å²) in [7, 11) is 0. The number of aryl methyl sites for hydroxylation is 1. The molecular weight excluding hydrogens is 271 g/mol. The van der Waals surface area contributed by atoms with E-state index in [4.69, 9.17) is 10.00 Å². The Morgan fingerprint density at radius 2 is 1.90 bits per heavy atom. The van der Waals surface area contributed by atoms with Crippen LogP contribution in [0.25, 0.3) is 0 Å². The van der Waals surface area contributed by atoms with Gasteiger partial charge in [-0.1, -0.05) is 19.1 Å². The standard InChI is InChI=1S/C14H14F3NO2/c1-3-9-5-6-10(7-12(19)20-4-2)11(8-18)13(9)14(15,16)17/h5-6H,3-4,7H2,1-2H3. The molecule has 0 bridgehead atoms. The highest BCUT2D eigenvalue weighted by atomic mass is 19.4. The Morgan fingerprint density at radius 1 is 1.30 bits per heavy atom. The van der Waals surface area contributed by atoms with Crippen LogP contribution in [0.1, 0.15) is 36.1 Å². The first-order valence-corrected chi connectivity index (χ1v) is 6.12. The fraction of sp³-hybridized carbons (Fsp3) is 0.429. The first-order chi connectivity index (χ1) is 9.35. The lowest BCUT2D eigenvalue weighted by Crippen LogP contribution is -2.16. The number of ether oxygens (including phenoxy) is 1. The lowest BCUT2D eigenvalue weighted by atomic mass is 9.93. The van der Waals surface area contributed by atoms with Gasteiger partial charge in [-0.15, -0.1) is 0 Å². The second-order valence-corrected chi connectivity index (χ2v) is 4.08. The summed E-state index contributed by atoms with van der Waals surface area (Å²) in [5.41, 5.74) is -1.37. The molecule has 0 saturated carbocycles. The van der Waals surface area contributed by atoms with Crippen molar-refractivity contribution in [3.05, 3.63) is 34.4 Å². The van der Waals surface area contributed by atoms with Crippen molar-refractivity contribution in [2.45, 2.75) is 32.9 Å². The zero-order chi connectivity index (χ0) is 15.3. The topological polar surface area (TPSA) is 50.1 Å². The summed E-state index contributed by atoms with van der Waals surface area (Å²) in [6.45, 7) is 3.32. The molecule has 0 N–H and O–H groups in total. The average Bonchev–Trinajstić information content (AvgIpc) is 2.37. The van der Waals surface area contributed by atoms with Crippen LogP contribution in [-0.2, 0) is 28.5 Å². The van der Waals surface area contributed by atoms with E-state index in [9.17, 15) is 18.0 Å². The number of esters is 1. The number of nitriles is 1. The minimum atomic E-state index is -4.62. The van der Waals surface area contributed by atoms with Crippen molar-refractivity contribution in [3.63, 3.8) is 0 Å². The lowest BCUT2D eigenvalue weighted by molar-refractivity contribution is -0.143. The van der Waals surface area contributed by atoms with Gasteiger partial charge in [0.05, 0.1) is 24.2 Å². The van der Waals surface area contributed by atoms with Gasteiger partial charge in [-0.2, -0.15) is 18.4 Å². The molecule has 0 aromatic heterocycles. The van der Waals surface area contributed by atoms with Crippen molar-refractivity contribution in [3.8, 4) is 6.07 Å². The highest BCUT2D eigenvalue weighted by molar-refractivity contribution is 5.74. The molecule has 0 aliphatic rings. The summed E-state index contributed by atoms with van der Waals surface area (Å²) in [4.78, 5) is 11.4. The number of hydrogen-bond donors (Lipinski definition) is 0. The largest absolute Gasteiger partial charge is 0.466 e. The summed E-state index contributed by atoms with van der Waals surface area (Å²) in [5.74, 6) is -0.652. The molecule has 0 aliphatic carbocycles. The first-order valence-electron chi connectivity index (χ1n) is 6.12. The summed E-state index contributed by atoms with van der Waals surface area (Å²) in [6, 6.07) is 4.25. The van der Waals surface area contributed by atoms with E-state index in [2.05, 4.69) is 0 Å². The number of alkyl halides is 3. The summed E-state index contributed by atoms with van der Waals surface area (Å²) >= 11 is 0. The zero-order valence-electron chi connectivity index (χ0n) is 11.2. The van der Waals surface area contributed by atoms with Crippen LogP contribution in [0.5, 0.6) is 0 Å². The zero-order valence-corrected chi connectivity index (χ0v) is 11.2. The van der Waals surface area contributed by atoms with Crippen LogP contribution in [0.15, 0.2) is 12.1 Å². The van der Waals surface area contributed by atoms with Crippen molar-refractivity contribution in [2.24, 2.45) is 0 Å². The molecule has 0 saturated heterocycles. The minimum Gasteiger partial charge on any atom is -0.466 e. The van der Waals surface area contributed by atoms with E-state index in [-0.39, 0.29) is 30.6 Å². The van der Waals surface area contributed by atoms with E-state index in [1.54, 1.807) is 19.9 Å². The van der Waals surface area contributed by atoms with Crippen LogP contribution >= 0.6 is 0 Å². The highest BCUT2D eigenvalue weighted by Gasteiger charge is 2.37. The normalized spacial score (nSPS) is 11.0. The molecule has 108 valence electrons. The van der Waals surface area contributed by atoms with Gasteiger partial charge in [0.1, 0.15) is 6.07 Å². The summed E-state index contributed by atoms with van der Waals surface area (Å²) in [6.07, 6.45) is -4.81. The number of nitrogens with zero attached hydrogens (tertiary/aromatic N) is 1. The second-order valence-electron chi connectivity index (χ2n) is 4.08. The Hall–Kier alpha value is -2.03. The molecule has 0 unspecified atom stereocenters. The third-order valence-corrected chi connectivity index (χ3v) is 2.79. The van der Waals surface area contributed by atoms with Gasteiger partial charge in [-0.05, 0) is 24.5 Å². The third-order valence-electron chi connectivity index (χ3n) is 2.79. The van der Waals surface area contributed by atoms with Crippen LogP contribution in [0.4, 0.5) is 13.2 Å². The van der Waals surface area contributed by atoms with Gasteiger partial charge in [-0.3, -0.25) is 4.79 Å². The minimum absolute atomic E-state index is 0.0375. The fourth-order valence-corrected chi connectivity index (χ4v) is 1.95. The van der Waals surface area contributed by atoms with Crippen LogP contribution in [0.2, 0.25) is 0 Å². The summed E-state index contributed by atoms with van der Waals surface area (Å²) in [5, 5.41) is 9.02. The quantitative estimate of drug-likeness (QED) is 0.798. The first kappa shape index (κ1) is 16.0. The van der Waals surface area contributed by atoms with Crippen molar-refractivity contribution in [1.82, 2.24) is 0 Å². The SMILES string of the molecule is CCOC(=O)Cc1ccc(CC)c(C(F)(F)F)c1C#N. The monoisotopic (exact) mass is 285 g/mol. The maximum Gasteiger partial charge on any atom is 0.417 e. The second kappa shape index (κ2) is 6.42. The number of rotatable bonds is 4. The Labute approximate surface area is 115 Å². The van der Waals surface area contributed by atoms with Crippen molar-refractivity contribution in [1.29, 1.82) is 5.26 Å². The molecule has 0 heterocycles. The molecule has 3 nitrogen and oxygen atoms in total. The van der Waals surface area contributed by atoms with Gasteiger partial charge >= 0.3 is 12.1 Å². The molecule has 1 rings (SSSR count). The van der Waals surface area contributed by atoms with E-state index in [1.807, 2.05) is 0 Å². The third kappa shape index (κ3) is 3.50. The number of benzene rings is 1. The molecule has 0 spiro atoms. The van der Waals surface area contributed by atoms with Crippen molar-refractivity contribution < 1.29 is 22.7 Å². The van der Waals surface area contributed by atoms with Gasteiger partial charge in [0.15, 0.2) is 0 Å². The predicted molar refractivity (Wildman–Crippen MR) is 65.9 cm³/mol.